The molecule has 0 bridgehead atoms. The Hall–Kier alpha value is -2.15. The molecule has 0 fully saturated rings. The Morgan fingerprint density at radius 2 is 1.88 bits per heavy atom. The summed E-state index contributed by atoms with van der Waals surface area (Å²) >= 11 is 0. The van der Waals surface area contributed by atoms with Gasteiger partial charge in [0.15, 0.2) is 5.78 Å². The van der Waals surface area contributed by atoms with Crippen LogP contribution in [0.3, 0.4) is 0 Å². The normalized spacial score (nSPS) is 13.9. The van der Waals surface area contributed by atoms with Gasteiger partial charge in [0, 0.05) is 0 Å². The third-order valence-corrected chi connectivity index (χ3v) is 1.80. The number of ketones is 1. The number of carbonyl (C=O) groups is 2. The maximum Gasteiger partial charge on any atom is 0.349 e. The van der Waals surface area contributed by atoms with Crippen LogP contribution in [-0.4, -0.2) is 17.9 Å². The number of rotatable bonds is 2. The van der Waals surface area contributed by atoms with Crippen molar-refractivity contribution in [1.29, 1.82) is 5.26 Å². The van der Waals surface area contributed by atoms with Crippen LogP contribution in [-0.2, 0) is 14.3 Å². The highest BCUT2D eigenvalue weighted by atomic mass is 16.5. The van der Waals surface area contributed by atoms with E-state index < -0.39 is 5.97 Å². The maximum absolute atomic E-state index is 11.5. The third-order valence-electron chi connectivity index (χ3n) is 1.80. The lowest BCUT2D eigenvalue weighted by molar-refractivity contribution is -0.142. The highest BCUT2D eigenvalue weighted by Gasteiger charge is 2.16. The van der Waals surface area contributed by atoms with Gasteiger partial charge < -0.3 is 4.74 Å². The van der Waals surface area contributed by atoms with E-state index in [9.17, 15) is 9.59 Å². The Morgan fingerprint density at radius 1 is 1.31 bits per heavy atom. The van der Waals surface area contributed by atoms with Crippen LogP contribution in [0, 0.1) is 11.3 Å². The molecule has 0 saturated heterocycles. The fourth-order valence-electron chi connectivity index (χ4n) is 1.12. The SMILES string of the molecule is CC(C)OC(=O)C(C#N)=C1C=CC(=O)C=C1. The summed E-state index contributed by atoms with van der Waals surface area (Å²) in [6.07, 6.45) is 5.19. The van der Waals surface area contributed by atoms with E-state index in [1.54, 1.807) is 19.9 Å². The Bertz CT molecular complexity index is 429. The topological polar surface area (TPSA) is 67.2 Å². The molecule has 1 aliphatic carbocycles. The van der Waals surface area contributed by atoms with E-state index in [0.717, 1.165) is 0 Å². The van der Waals surface area contributed by atoms with Gasteiger partial charge in [-0.25, -0.2) is 4.79 Å². The number of carbonyl (C=O) groups excluding carboxylic acids is 2. The number of allylic oxidation sites excluding steroid dienone is 5. The average Bonchev–Trinajstić information content (AvgIpc) is 2.21. The Labute approximate surface area is 93.5 Å². The number of hydrogen-bond acceptors (Lipinski definition) is 4. The molecule has 0 unspecified atom stereocenters. The minimum absolute atomic E-state index is 0.0892. The summed E-state index contributed by atoms with van der Waals surface area (Å²) in [6.45, 7) is 3.40. The molecule has 4 heteroatoms. The van der Waals surface area contributed by atoms with E-state index in [1.807, 2.05) is 0 Å². The molecule has 0 atom stereocenters. The molecule has 4 nitrogen and oxygen atoms in total. The van der Waals surface area contributed by atoms with Crippen molar-refractivity contribution in [2.75, 3.05) is 0 Å². The minimum atomic E-state index is -0.670. The van der Waals surface area contributed by atoms with Crippen molar-refractivity contribution >= 4 is 11.8 Å². The molecule has 0 heterocycles. The Kier molecular flexibility index (Phi) is 3.78. The lowest BCUT2D eigenvalue weighted by Crippen LogP contribution is -2.14. The second kappa shape index (κ2) is 5.08. The van der Waals surface area contributed by atoms with E-state index in [0.29, 0.717) is 5.57 Å². The number of hydrogen-bond donors (Lipinski definition) is 0. The van der Waals surface area contributed by atoms with Crippen molar-refractivity contribution in [3.8, 4) is 6.07 Å². The zero-order valence-corrected chi connectivity index (χ0v) is 9.06. The van der Waals surface area contributed by atoms with E-state index in [2.05, 4.69) is 0 Å². The van der Waals surface area contributed by atoms with E-state index in [1.165, 1.54) is 24.3 Å². The van der Waals surface area contributed by atoms with Crippen LogP contribution in [0.25, 0.3) is 0 Å². The maximum atomic E-state index is 11.5. The predicted molar refractivity (Wildman–Crippen MR) is 57.2 cm³/mol. The van der Waals surface area contributed by atoms with Gasteiger partial charge in [0.1, 0.15) is 11.6 Å². The summed E-state index contributed by atoms with van der Waals surface area (Å²) in [4.78, 5) is 22.4. The van der Waals surface area contributed by atoms with Gasteiger partial charge in [-0.15, -0.1) is 0 Å². The minimum Gasteiger partial charge on any atom is -0.459 e. The van der Waals surface area contributed by atoms with Crippen molar-refractivity contribution in [1.82, 2.24) is 0 Å². The fraction of sp³-hybridized carbons (Fsp3) is 0.250. The number of ether oxygens (including phenoxy) is 1. The van der Waals surface area contributed by atoms with Gasteiger partial charge in [-0.3, -0.25) is 4.79 Å². The first-order valence-corrected chi connectivity index (χ1v) is 4.80. The van der Waals surface area contributed by atoms with Gasteiger partial charge in [-0.2, -0.15) is 5.26 Å². The zero-order chi connectivity index (χ0) is 12.1. The molecule has 0 radical (unpaired) electrons. The lowest BCUT2D eigenvalue weighted by Gasteiger charge is -2.08. The van der Waals surface area contributed by atoms with Gasteiger partial charge >= 0.3 is 5.97 Å². The van der Waals surface area contributed by atoms with Crippen LogP contribution in [0.5, 0.6) is 0 Å². The highest BCUT2D eigenvalue weighted by Crippen LogP contribution is 2.13. The van der Waals surface area contributed by atoms with Gasteiger partial charge in [0.05, 0.1) is 6.10 Å². The van der Waals surface area contributed by atoms with Crippen molar-refractivity contribution in [3.63, 3.8) is 0 Å². The van der Waals surface area contributed by atoms with Crippen molar-refractivity contribution in [2.24, 2.45) is 0 Å². The summed E-state index contributed by atoms with van der Waals surface area (Å²) in [5.74, 6) is -0.839. The molecule has 0 spiro atoms. The molecular weight excluding hydrogens is 206 g/mol. The largest absolute Gasteiger partial charge is 0.459 e. The summed E-state index contributed by atoms with van der Waals surface area (Å²) in [5, 5.41) is 8.87. The molecule has 16 heavy (non-hydrogen) atoms. The van der Waals surface area contributed by atoms with Crippen LogP contribution < -0.4 is 0 Å². The fourth-order valence-corrected chi connectivity index (χ4v) is 1.12. The number of esters is 1. The standard InChI is InChI=1S/C12H11NO3/c1-8(2)16-12(15)11(7-13)9-3-5-10(14)6-4-9/h3-6,8H,1-2H3. The monoisotopic (exact) mass is 217 g/mol. The molecule has 0 saturated carbocycles. The summed E-state index contributed by atoms with van der Waals surface area (Å²) in [5.41, 5.74) is 0.307. The summed E-state index contributed by atoms with van der Waals surface area (Å²) < 4.78 is 4.91. The number of nitriles is 1. The third kappa shape index (κ3) is 2.92. The Morgan fingerprint density at radius 3 is 2.31 bits per heavy atom. The first-order valence-electron chi connectivity index (χ1n) is 4.80. The van der Waals surface area contributed by atoms with Crippen LogP contribution >= 0.6 is 0 Å². The van der Waals surface area contributed by atoms with Gasteiger partial charge in [0.2, 0.25) is 0 Å². The molecule has 0 aromatic rings. The van der Waals surface area contributed by atoms with Crippen molar-refractivity contribution < 1.29 is 14.3 Å². The molecule has 0 aliphatic heterocycles. The van der Waals surface area contributed by atoms with E-state index in [4.69, 9.17) is 10.00 Å². The summed E-state index contributed by atoms with van der Waals surface area (Å²) in [6, 6.07) is 1.78. The molecule has 0 aromatic carbocycles. The van der Waals surface area contributed by atoms with Gasteiger partial charge in [-0.1, -0.05) is 0 Å². The lowest BCUT2D eigenvalue weighted by atomic mass is 10.0. The smallest absolute Gasteiger partial charge is 0.349 e. The molecule has 0 aromatic heterocycles. The van der Waals surface area contributed by atoms with Crippen LogP contribution in [0.2, 0.25) is 0 Å². The quantitative estimate of drug-likeness (QED) is 0.399. The van der Waals surface area contributed by atoms with Crippen LogP contribution in [0.1, 0.15) is 13.8 Å². The second-order valence-electron chi connectivity index (χ2n) is 3.47. The molecule has 1 aliphatic rings. The van der Waals surface area contributed by atoms with Crippen molar-refractivity contribution in [3.05, 3.63) is 35.5 Å². The predicted octanol–water partition coefficient (Wildman–Crippen LogP) is 1.45. The zero-order valence-electron chi connectivity index (χ0n) is 9.06. The van der Waals surface area contributed by atoms with Crippen LogP contribution in [0.15, 0.2) is 35.5 Å². The highest BCUT2D eigenvalue weighted by molar-refractivity contribution is 6.03. The molecule has 1 rings (SSSR count). The second-order valence-corrected chi connectivity index (χ2v) is 3.47. The van der Waals surface area contributed by atoms with E-state index >= 15 is 0 Å². The first-order chi connectivity index (χ1) is 7.54. The van der Waals surface area contributed by atoms with Gasteiger partial charge in [-0.05, 0) is 43.7 Å². The molecule has 0 amide bonds. The van der Waals surface area contributed by atoms with Crippen LogP contribution in [0.4, 0.5) is 0 Å². The van der Waals surface area contributed by atoms with E-state index in [-0.39, 0.29) is 17.5 Å². The molecule has 0 N–H and O–H groups in total. The van der Waals surface area contributed by atoms with Gasteiger partial charge in [0.25, 0.3) is 0 Å². The molecule has 82 valence electrons. The summed E-state index contributed by atoms with van der Waals surface area (Å²) in [7, 11) is 0. The Balaban J connectivity index is 2.99. The molecular formula is C12H11NO3. The number of nitrogens with zero attached hydrogens (tertiary/aromatic N) is 1. The van der Waals surface area contributed by atoms with Crippen molar-refractivity contribution in [2.45, 2.75) is 20.0 Å². The average molecular weight is 217 g/mol. The first kappa shape index (κ1) is 11.9.